The number of benzene rings is 1. The van der Waals surface area contributed by atoms with Crippen LogP contribution in [0.4, 0.5) is 0 Å². The summed E-state index contributed by atoms with van der Waals surface area (Å²) in [6.45, 7) is 9.14. The predicted molar refractivity (Wildman–Crippen MR) is 130 cm³/mol. The average Bonchev–Trinajstić information content (AvgIpc) is 3.43. The van der Waals surface area contributed by atoms with Gasteiger partial charge in [-0.15, -0.1) is 10.2 Å². The largest absolute Gasteiger partial charge is 0.477 e. The molecule has 0 amide bonds. The number of likely N-dealkylation sites (tertiary alicyclic amines) is 1. The van der Waals surface area contributed by atoms with E-state index in [0.717, 1.165) is 35.4 Å². The van der Waals surface area contributed by atoms with E-state index in [9.17, 15) is 0 Å². The summed E-state index contributed by atoms with van der Waals surface area (Å²) < 4.78 is 7.19. The van der Waals surface area contributed by atoms with E-state index in [0.29, 0.717) is 24.3 Å². The van der Waals surface area contributed by atoms with Crippen LogP contribution in [0.3, 0.4) is 0 Å². The van der Waals surface area contributed by atoms with Crippen molar-refractivity contribution >= 4 is 10.9 Å². The van der Waals surface area contributed by atoms with E-state index in [1.54, 1.807) is 4.68 Å². The normalized spacial score (nSPS) is 16.5. The molecule has 0 radical (unpaired) electrons. The van der Waals surface area contributed by atoms with Crippen LogP contribution >= 0.6 is 0 Å². The Bertz CT molecular complexity index is 1250. The van der Waals surface area contributed by atoms with Crippen molar-refractivity contribution in [2.24, 2.45) is 0 Å². The Hall–Kier alpha value is -3.32. The van der Waals surface area contributed by atoms with Crippen LogP contribution < -0.4 is 4.74 Å². The minimum absolute atomic E-state index is 0.512. The van der Waals surface area contributed by atoms with Crippen LogP contribution in [0, 0.1) is 6.92 Å². The maximum absolute atomic E-state index is 5.40. The summed E-state index contributed by atoms with van der Waals surface area (Å²) in [6, 6.07) is 15.1. The van der Waals surface area contributed by atoms with Gasteiger partial charge in [-0.3, -0.25) is 0 Å². The fourth-order valence-electron chi connectivity index (χ4n) is 4.69. The summed E-state index contributed by atoms with van der Waals surface area (Å²) in [5.74, 6) is 1.17. The zero-order chi connectivity index (χ0) is 22.8. The fraction of sp³-hybridized carbons (Fsp3) is 0.385. The van der Waals surface area contributed by atoms with E-state index in [-0.39, 0.29) is 0 Å². The van der Waals surface area contributed by atoms with Gasteiger partial charge < -0.3 is 9.64 Å². The Morgan fingerprint density at radius 2 is 2.00 bits per heavy atom. The molecule has 0 saturated carbocycles. The first-order valence-electron chi connectivity index (χ1n) is 11.8. The zero-order valence-electron chi connectivity index (χ0n) is 19.5. The Balaban J connectivity index is 1.44. The summed E-state index contributed by atoms with van der Waals surface area (Å²) in [5, 5.41) is 14.1. The number of para-hydroxylation sites is 1. The summed E-state index contributed by atoms with van der Waals surface area (Å²) in [5.41, 5.74) is 5.28. The standard InChI is InChI=1S/C26H30N6O/c1-4-33-25-13-12-24(29-30-25)32-19(3)22(17-27-32)23-11-10-20-8-5-9-21(26(20)28-23)14-16-31-15-6-7-18(31)2/h5,8-13,17-18H,4,6-7,14-16H2,1-3H3/t18-/m1/s1. The summed E-state index contributed by atoms with van der Waals surface area (Å²) in [4.78, 5) is 7.68. The topological polar surface area (TPSA) is 69.0 Å². The van der Waals surface area contributed by atoms with Crippen molar-refractivity contribution < 1.29 is 4.74 Å². The molecule has 33 heavy (non-hydrogen) atoms. The van der Waals surface area contributed by atoms with Crippen LogP contribution in [0.25, 0.3) is 28.0 Å². The van der Waals surface area contributed by atoms with Gasteiger partial charge in [-0.05, 0) is 64.3 Å². The van der Waals surface area contributed by atoms with Crippen molar-refractivity contribution in [3.8, 4) is 23.0 Å². The van der Waals surface area contributed by atoms with Gasteiger partial charge in [-0.25, -0.2) is 9.67 Å². The molecule has 1 saturated heterocycles. The van der Waals surface area contributed by atoms with Crippen molar-refractivity contribution in [3.63, 3.8) is 0 Å². The predicted octanol–water partition coefficient (Wildman–Crippen LogP) is 4.61. The molecule has 1 fully saturated rings. The molecule has 1 aliphatic rings. The van der Waals surface area contributed by atoms with Crippen LogP contribution in [-0.2, 0) is 6.42 Å². The lowest BCUT2D eigenvalue weighted by Gasteiger charge is -2.21. The molecule has 3 aromatic heterocycles. The molecule has 170 valence electrons. The molecule has 0 bridgehead atoms. The van der Waals surface area contributed by atoms with Gasteiger partial charge in [-0.2, -0.15) is 5.10 Å². The lowest BCUT2D eigenvalue weighted by atomic mass is 10.0. The highest BCUT2D eigenvalue weighted by Gasteiger charge is 2.20. The molecule has 7 heteroatoms. The quantitative estimate of drug-likeness (QED) is 0.416. The van der Waals surface area contributed by atoms with E-state index in [2.05, 4.69) is 57.5 Å². The van der Waals surface area contributed by atoms with Gasteiger partial charge in [0.2, 0.25) is 5.88 Å². The molecule has 0 N–H and O–H groups in total. The number of hydrogen-bond donors (Lipinski definition) is 0. The van der Waals surface area contributed by atoms with E-state index in [4.69, 9.17) is 9.72 Å². The Kier molecular flexibility index (Phi) is 6.05. The molecule has 5 rings (SSSR count). The van der Waals surface area contributed by atoms with Gasteiger partial charge in [0, 0.05) is 29.6 Å². The minimum Gasteiger partial charge on any atom is -0.477 e. The number of pyridine rings is 1. The van der Waals surface area contributed by atoms with Crippen molar-refractivity contribution in [1.29, 1.82) is 0 Å². The SMILES string of the molecule is CCOc1ccc(-n2ncc(-c3ccc4cccc(CCN5CCC[C@H]5C)c4n3)c2C)nn1. The fourth-order valence-corrected chi connectivity index (χ4v) is 4.69. The summed E-state index contributed by atoms with van der Waals surface area (Å²) in [6.07, 6.45) is 5.48. The summed E-state index contributed by atoms with van der Waals surface area (Å²) in [7, 11) is 0. The van der Waals surface area contributed by atoms with Crippen LogP contribution in [0.15, 0.2) is 48.7 Å². The number of nitrogens with zero attached hydrogens (tertiary/aromatic N) is 6. The Morgan fingerprint density at radius 3 is 2.76 bits per heavy atom. The zero-order valence-corrected chi connectivity index (χ0v) is 19.5. The Labute approximate surface area is 194 Å². The third kappa shape index (κ3) is 4.33. The molecule has 7 nitrogen and oxygen atoms in total. The lowest BCUT2D eigenvalue weighted by molar-refractivity contribution is 0.272. The van der Waals surface area contributed by atoms with Crippen LogP contribution in [0.1, 0.15) is 37.9 Å². The smallest absolute Gasteiger partial charge is 0.233 e. The third-order valence-electron chi connectivity index (χ3n) is 6.58. The number of fused-ring (bicyclic) bond motifs is 1. The van der Waals surface area contributed by atoms with Crippen molar-refractivity contribution in [2.45, 2.75) is 46.1 Å². The first kappa shape index (κ1) is 21.5. The van der Waals surface area contributed by atoms with Crippen molar-refractivity contribution in [2.75, 3.05) is 19.7 Å². The molecule has 0 spiro atoms. The van der Waals surface area contributed by atoms with Crippen molar-refractivity contribution in [3.05, 3.63) is 59.9 Å². The van der Waals surface area contributed by atoms with Crippen LogP contribution in [0.2, 0.25) is 0 Å². The number of aromatic nitrogens is 5. The second-order valence-corrected chi connectivity index (χ2v) is 8.68. The number of ether oxygens (including phenoxy) is 1. The molecule has 0 unspecified atom stereocenters. The monoisotopic (exact) mass is 442 g/mol. The second-order valence-electron chi connectivity index (χ2n) is 8.68. The van der Waals surface area contributed by atoms with E-state index in [1.165, 1.54) is 30.3 Å². The van der Waals surface area contributed by atoms with Gasteiger partial charge in [0.05, 0.1) is 29.7 Å². The molecule has 0 aliphatic carbocycles. The molecule has 1 atom stereocenters. The van der Waals surface area contributed by atoms with Gasteiger partial charge in [0.25, 0.3) is 0 Å². The highest BCUT2D eigenvalue weighted by atomic mass is 16.5. The Morgan fingerprint density at radius 1 is 1.09 bits per heavy atom. The van der Waals surface area contributed by atoms with E-state index < -0.39 is 0 Å². The third-order valence-corrected chi connectivity index (χ3v) is 6.58. The molecule has 4 aromatic rings. The van der Waals surface area contributed by atoms with Crippen LogP contribution in [-0.4, -0.2) is 55.6 Å². The van der Waals surface area contributed by atoms with Crippen LogP contribution in [0.5, 0.6) is 5.88 Å². The molecule has 1 aromatic carbocycles. The number of hydrogen-bond acceptors (Lipinski definition) is 6. The highest BCUT2D eigenvalue weighted by Crippen LogP contribution is 2.27. The van der Waals surface area contributed by atoms with Gasteiger partial charge in [0.1, 0.15) is 0 Å². The first-order chi connectivity index (χ1) is 16.1. The highest BCUT2D eigenvalue weighted by molar-refractivity contribution is 5.84. The van der Waals surface area contributed by atoms with Crippen molar-refractivity contribution in [1.82, 2.24) is 29.9 Å². The van der Waals surface area contributed by atoms with Gasteiger partial charge in [0.15, 0.2) is 5.82 Å². The maximum atomic E-state index is 5.40. The molecule has 1 aliphatic heterocycles. The van der Waals surface area contributed by atoms with E-state index in [1.807, 2.05) is 32.2 Å². The average molecular weight is 443 g/mol. The molecule has 4 heterocycles. The number of rotatable bonds is 7. The lowest BCUT2D eigenvalue weighted by Crippen LogP contribution is -2.29. The van der Waals surface area contributed by atoms with E-state index >= 15 is 0 Å². The van der Waals surface area contributed by atoms with Gasteiger partial charge in [-0.1, -0.05) is 24.3 Å². The van der Waals surface area contributed by atoms with Gasteiger partial charge >= 0.3 is 0 Å². The maximum Gasteiger partial charge on any atom is 0.233 e. The molecular weight excluding hydrogens is 412 g/mol. The second kappa shape index (κ2) is 9.27. The first-order valence-corrected chi connectivity index (χ1v) is 11.8. The minimum atomic E-state index is 0.512. The molecular formula is C26H30N6O. The summed E-state index contributed by atoms with van der Waals surface area (Å²) >= 11 is 0.